The van der Waals surface area contributed by atoms with E-state index in [0.717, 1.165) is 45.6 Å². The van der Waals surface area contributed by atoms with Gasteiger partial charge < -0.3 is 24.7 Å². The van der Waals surface area contributed by atoms with Crippen molar-refractivity contribution in [1.82, 2.24) is 10.3 Å². The third-order valence-corrected chi connectivity index (χ3v) is 9.00. The monoisotopic (exact) mass is 557 g/mol. The molecule has 5 rings (SSSR count). The summed E-state index contributed by atoms with van der Waals surface area (Å²) in [6.07, 6.45) is 7.35. The molecular formula is C33H44BN3O4. The standard InChI is InChI=1S/C33H44BN3O4/c1-32(2)33(3,4)41-34(40-32)27-14-17-29-26(20-27)19-25(13-18-30(38)35-21-23-9-7-6-8-10-23)31(37-29)36-22-24-11-15-28(39-5)16-12-24/h11-12,14-17,19-20,23H,6-10,13,18,21-22H2,1-5H3,(H,35,38)(H,36,37). The van der Waals surface area contributed by atoms with Gasteiger partial charge in [0.1, 0.15) is 11.6 Å². The molecule has 1 aliphatic heterocycles. The van der Waals surface area contributed by atoms with Gasteiger partial charge in [-0.1, -0.05) is 43.5 Å². The number of nitrogens with zero attached hydrogens (tertiary/aromatic N) is 1. The number of carbonyl (C=O) groups is 1. The van der Waals surface area contributed by atoms with Crippen LogP contribution in [0.3, 0.4) is 0 Å². The molecule has 1 saturated carbocycles. The zero-order valence-electron chi connectivity index (χ0n) is 25.2. The summed E-state index contributed by atoms with van der Waals surface area (Å²) in [4.78, 5) is 17.8. The van der Waals surface area contributed by atoms with Gasteiger partial charge in [0, 0.05) is 24.9 Å². The van der Waals surface area contributed by atoms with Gasteiger partial charge in [0.25, 0.3) is 0 Å². The van der Waals surface area contributed by atoms with E-state index in [9.17, 15) is 4.79 Å². The van der Waals surface area contributed by atoms with Gasteiger partial charge in [0.15, 0.2) is 0 Å². The van der Waals surface area contributed by atoms with E-state index in [1.807, 2.05) is 36.4 Å². The lowest BCUT2D eigenvalue weighted by Gasteiger charge is -2.32. The minimum atomic E-state index is -0.439. The van der Waals surface area contributed by atoms with Gasteiger partial charge in [-0.3, -0.25) is 4.79 Å². The number of fused-ring (bicyclic) bond motifs is 1. The van der Waals surface area contributed by atoms with Crippen LogP contribution in [-0.4, -0.2) is 42.9 Å². The van der Waals surface area contributed by atoms with Crippen LogP contribution in [0.2, 0.25) is 0 Å². The second kappa shape index (κ2) is 12.4. The Kier molecular flexibility index (Phi) is 8.90. The average Bonchev–Trinajstić information content (AvgIpc) is 3.20. The highest BCUT2D eigenvalue weighted by atomic mass is 16.7. The van der Waals surface area contributed by atoms with Gasteiger partial charge in [0.05, 0.1) is 23.8 Å². The molecule has 7 nitrogen and oxygen atoms in total. The molecule has 0 bridgehead atoms. The predicted octanol–water partition coefficient (Wildman–Crippen LogP) is 5.78. The number of aryl methyl sites for hydroxylation is 1. The van der Waals surface area contributed by atoms with Crippen LogP contribution in [0.1, 0.15) is 77.3 Å². The molecule has 1 saturated heterocycles. The van der Waals surface area contributed by atoms with Crippen LogP contribution in [0.5, 0.6) is 5.75 Å². The van der Waals surface area contributed by atoms with Crippen molar-refractivity contribution >= 4 is 35.2 Å². The fraction of sp³-hybridized carbons (Fsp3) is 0.515. The number of rotatable bonds is 10. The fourth-order valence-corrected chi connectivity index (χ4v) is 5.62. The highest BCUT2D eigenvalue weighted by Gasteiger charge is 2.51. The lowest BCUT2D eigenvalue weighted by Crippen LogP contribution is -2.41. The van der Waals surface area contributed by atoms with Gasteiger partial charge in [0.2, 0.25) is 5.91 Å². The summed E-state index contributed by atoms with van der Waals surface area (Å²) in [6.45, 7) is 9.66. The Bertz CT molecular complexity index is 1340. The lowest BCUT2D eigenvalue weighted by atomic mass is 9.78. The molecule has 2 N–H and O–H groups in total. The Balaban J connectivity index is 1.34. The molecule has 1 aromatic heterocycles. The van der Waals surface area contributed by atoms with Gasteiger partial charge in [-0.25, -0.2) is 4.98 Å². The minimum Gasteiger partial charge on any atom is -0.497 e. The quantitative estimate of drug-likeness (QED) is 0.308. The molecule has 2 heterocycles. The molecule has 218 valence electrons. The van der Waals surface area contributed by atoms with Crippen molar-refractivity contribution in [1.29, 1.82) is 0 Å². The largest absolute Gasteiger partial charge is 0.497 e. The van der Waals surface area contributed by atoms with E-state index in [1.165, 1.54) is 32.1 Å². The van der Waals surface area contributed by atoms with E-state index in [2.05, 4.69) is 50.5 Å². The Morgan fingerprint density at radius 1 is 1.00 bits per heavy atom. The maximum absolute atomic E-state index is 12.8. The van der Waals surface area contributed by atoms with Crippen molar-refractivity contribution in [2.75, 3.05) is 19.0 Å². The Hall–Kier alpha value is -3.10. The van der Waals surface area contributed by atoms with Crippen LogP contribution in [0.25, 0.3) is 10.9 Å². The number of methoxy groups -OCH3 is 1. The zero-order valence-corrected chi connectivity index (χ0v) is 25.2. The van der Waals surface area contributed by atoms with Crippen LogP contribution in [0.15, 0.2) is 48.5 Å². The molecule has 2 fully saturated rings. The summed E-state index contributed by atoms with van der Waals surface area (Å²) in [5.74, 6) is 2.35. The predicted molar refractivity (Wildman–Crippen MR) is 166 cm³/mol. The fourth-order valence-electron chi connectivity index (χ4n) is 5.62. The summed E-state index contributed by atoms with van der Waals surface area (Å²) in [7, 11) is 1.23. The normalized spacial score (nSPS) is 18.4. The number of anilines is 1. The molecule has 3 aromatic rings. The SMILES string of the molecule is COc1ccc(CNc2nc3ccc(B4OC(C)(C)C(C)(C)O4)cc3cc2CCC(=O)NCC2CCCCC2)cc1. The van der Waals surface area contributed by atoms with Gasteiger partial charge in [-0.15, -0.1) is 0 Å². The molecule has 2 aliphatic rings. The molecular weight excluding hydrogens is 513 g/mol. The summed E-state index contributed by atoms with van der Waals surface area (Å²) >= 11 is 0. The summed E-state index contributed by atoms with van der Waals surface area (Å²) in [6, 6.07) is 16.3. The van der Waals surface area contributed by atoms with Crippen LogP contribution >= 0.6 is 0 Å². The molecule has 1 aliphatic carbocycles. The number of hydrogen-bond acceptors (Lipinski definition) is 6. The van der Waals surface area contributed by atoms with Crippen molar-refractivity contribution in [3.8, 4) is 5.75 Å². The molecule has 8 heteroatoms. The molecule has 2 aromatic carbocycles. The van der Waals surface area contributed by atoms with Crippen molar-refractivity contribution in [3.05, 3.63) is 59.7 Å². The third kappa shape index (κ3) is 7.04. The maximum atomic E-state index is 12.8. The maximum Gasteiger partial charge on any atom is 0.494 e. The first-order chi connectivity index (χ1) is 19.6. The molecule has 0 atom stereocenters. The number of ether oxygens (including phenoxy) is 1. The van der Waals surface area contributed by atoms with Crippen LogP contribution < -0.4 is 20.8 Å². The second-order valence-corrected chi connectivity index (χ2v) is 12.5. The smallest absolute Gasteiger partial charge is 0.494 e. The van der Waals surface area contributed by atoms with E-state index in [-0.39, 0.29) is 5.91 Å². The summed E-state index contributed by atoms with van der Waals surface area (Å²) in [5.41, 5.74) is 3.18. The second-order valence-electron chi connectivity index (χ2n) is 12.5. The van der Waals surface area contributed by atoms with Gasteiger partial charge in [-0.05, 0) is 93.7 Å². The summed E-state index contributed by atoms with van der Waals surface area (Å²) < 4.78 is 17.9. The number of nitrogens with one attached hydrogen (secondary N) is 2. The molecule has 41 heavy (non-hydrogen) atoms. The Morgan fingerprint density at radius 3 is 2.39 bits per heavy atom. The van der Waals surface area contributed by atoms with Gasteiger partial charge >= 0.3 is 7.12 Å². The van der Waals surface area contributed by atoms with E-state index in [0.29, 0.717) is 25.3 Å². The topological polar surface area (TPSA) is 81.7 Å². The minimum absolute atomic E-state index is 0.0998. The average molecular weight is 558 g/mol. The molecule has 0 unspecified atom stereocenters. The molecule has 0 spiro atoms. The Labute approximate surface area is 244 Å². The summed E-state index contributed by atoms with van der Waals surface area (Å²) in [5, 5.41) is 7.71. The van der Waals surface area contributed by atoms with Crippen molar-refractivity contribution in [2.45, 2.75) is 90.4 Å². The first-order valence-electron chi connectivity index (χ1n) is 15.1. The number of aromatic nitrogens is 1. The number of pyridine rings is 1. The number of amides is 1. The first kappa shape index (κ1) is 29.4. The third-order valence-electron chi connectivity index (χ3n) is 9.00. The van der Waals surface area contributed by atoms with Gasteiger partial charge in [-0.2, -0.15) is 0 Å². The number of hydrogen-bond donors (Lipinski definition) is 2. The highest BCUT2D eigenvalue weighted by molar-refractivity contribution is 6.62. The van der Waals surface area contributed by atoms with Crippen LogP contribution in [0, 0.1) is 5.92 Å². The van der Waals surface area contributed by atoms with E-state index >= 15 is 0 Å². The number of benzene rings is 2. The molecule has 1 amide bonds. The molecule has 0 radical (unpaired) electrons. The van der Waals surface area contributed by atoms with E-state index in [1.54, 1.807) is 7.11 Å². The highest BCUT2D eigenvalue weighted by Crippen LogP contribution is 2.36. The van der Waals surface area contributed by atoms with E-state index in [4.69, 9.17) is 19.0 Å². The first-order valence-corrected chi connectivity index (χ1v) is 15.1. The van der Waals surface area contributed by atoms with Crippen LogP contribution in [-0.2, 0) is 27.1 Å². The lowest BCUT2D eigenvalue weighted by molar-refractivity contribution is -0.121. The number of carbonyl (C=O) groups excluding carboxylic acids is 1. The Morgan fingerprint density at radius 2 is 1.71 bits per heavy atom. The zero-order chi connectivity index (χ0) is 29.0. The van der Waals surface area contributed by atoms with Crippen LogP contribution in [0.4, 0.5) is 5.82 Å². The van der Waals surface area contributed by atoms with Crippen molar-refractivity contribution < 1.29 is 18.8 Å². The van der Waals surface area contributed by atoms with E-state index < -0.39 is 18.3 Å². The van der Waals surface area contributed by atoms with Crippen molar-refractivity contribution in [2.24, 2.45) is 5.92 Å². The van der Waals surface area contributed by atoms with Crippen molar-refractivity contribution in [3.63, 3.8) is 0 Å².